The fraction of sp³-hybridized carbons (Fsp3) is 0.0667. The maximum absolute atomic E-state index is 13.2. The summed E-state index contributed by atoms with van der Waals surface area (Å²) in [5.41, 5.74) is 0.654. The summed E-state index contributed by atoms with van der Waals surface area (Å²) in [6, 6.07) is 10.2. The zero-order valence-electron chi connectivity index (χ0n) is 11.0. The second kappa shape index (κ2) is 6.49. The Morgan fingerprint density at radius 2 is 1.86 bits per heavy atom. The van der Waals surface area contributed by atoms with Gasteiger partial charge in [-0.2, -0.15) is 0 Å². The molecule has 0 saturated heterocycles. The number of methoxy groups -OCH3 is 1. The third kappa shape index (κ3) is 3.46. The molecular weight excluding hydrogens is 341 g/mol. The number of hydrogen-bond donors (Lipinski definition) is 1. The van der Waals surface area contributed by atoms with E-state index in [1.807, 2.05) is 0 Å². The van der Waals surface area contributed by atoms with Gasteiger partial charge in [-0.25, -0.2) is 9.18 Å². The summed E-state index contributed by atoms with van der Waals surface area (Å²) in [7, 11) is 1.25. The number of para-hydroxylation sites is 1. The van der Waals surface area contributed by atoms with E-state index in [-0.39, 0.29) is 11.1 Å². The number of halogens is 2. The van der Waals surface area contributed by atoms with Crippen molar-refractivity contribution < 1.29 is 18.7 Å². The van der Waals surface area contributed by atoms with Gasteiger partial charge in [0.15, 0.2) is 0 Å². The van der Waals surface area contributed by atoms with Gasteiger partial charge in [0.05, 0.1) is 23.9 Å². The van der Waals surface area contributed by atoms with Gasteiger partial charge < -0.3 is 10.1 Å². The number of esters is 1. The first-order valence-corrected chi connectivity index (χ1v) is 6.76. The van der Waals surface area contributed by atoms with Crippen molar-refractivity contribution in [1.29, 1.82) is 0 Å². The smallest absolute Gasteiger partial charge is 0.339 e. The van der Waals surface area contributed by atoms with Gasteiger partial charge in [0, 0.05) is 4.47 Å². The molecule has 2 aromatic rings. The molecule has 0 saturated carbocycles. The minimum Gasteiger partial charge on any atom is -0.465 e. The second-order valence-electron chi connectivity index (χ2n) is 4.12. The van der Waals surface area contributed by atoms with Crippen molar-refractivity contribution in [2.45, 2.75) is 0 Å². The minimum absolute atomic E-state index is 0.134. The Morgan fingerprint density at radius 3 is 2.57 bits per heavy atom. The Labute approximate surface area is 129 Å². The molecule has 0 aliphatic rings. The molecule has 0 atom stereocenters. The number of hydrogen-bond acceptors (Lipinski definition) is 3. The molecule has 1 N–H and O–H groups in total. The van der Waals surface area contributed by atoms with Gasteiger partial charge in [-0.05, 0) is 46.3 Å². The molecule has 6 heteroatoms. The Kier molecular flexibility index (Phi) is 4.70. The molecule has 0 fully saturated rings. The lowest BCUT2D eigenvalue weighted by Gasteiger charge is -2.10. The van der Waals surface area contributed by atoms with Crippen LogP contribution >= 0.6 is 15.9 Å². The van der Waals surface area contributed by atoms with Crippen LogP contribution in [0.1, 0.15) is 20.7 Å². The van der Waals surface area contributed by atoms with Crippen molar-refractivity contribution in [1.82, 2.24) is 0 Å². The van der Waals surface area contributed by atoms with Gasteiger partial charge in [0.2, 0.25) is 0 Å². The number of rotatable bonds is 3. The molecule has 0 aromatic heterocycles. The molecule has 0 bridgehead atoms. The molecule has 108 valence electrons. The monoisotopic (exact) mass is 351 g/mol. The van der Waals surface area contributed by atoms with Gasteiger partial charge >= 0.3 is 5.97 Å². The van der Waals surface area contributed by atoms with E-state index < -0.39 is 17.7 Å². The summed E-state index contributed by atoms with van der Waals surface area (Å²) in [5.74, 6) is -1.62. The summed E-state index contributed by atoms with van der Waals surface area (Å²) in [6.07, 6.45) is 0. The SMILES string of the molecule is COC(=O)c1ccccc1NC(=O)c1cc(F)ccc1Br. The largest absolute Gasteiger partial charge is 0.465 e. The summed E-state index contributed by atoms with van der Waals surface area (Å²) in [6.45, 7) is 0. The number of nitrogens with one attached hydrogen (secondary N) is 1. The summed E-state index contributed by atoms with van der Waals surface area (Å²) >= 11 is 3.19. The normalized spacial score (nSPS) is 10.0. The van der Waals surface area contributed by atoms with E-state index in [0.29, 0.717) is 10.2 Å². The molecular formula is C15H11BrFNO3. The van der Waals surface area contributed by atoms with E-state index in [0.717, 1.165) is 6.07 Å². The molecule has 0 unspecified atom stereocenters. The summed E-state index contributed by atoms with van der Waals surface area (Å²) in [4.78, 5) is 23.8. The van der Waals surface area contributed by atoms with Crippen LogP contribution in [-0.4, -0.2) is 19.0 Å². The van der Waals surface area contributed by atoms with E-state index in [1.165, 1.54) is 25.3 Å². The quantitative estimate of drug-likeness (QED) is 0.859. The van der Waals surface area contributed by atoms with Gasteiger partial charge in [-0.1, -0.05) is 12.1 Å². The predicted molar refractivity (Wildman–Crippen MR) is 79.8 cm³/mol. The van der Waals surface area contributed by atoms with Crippen molar-refractivity contribution in [3.05, 3.63) is 63.9 Å². The Hall–Kier alpha value is -2.21. The van der Waals surface area contributed by atoms with Crippen LogP contribution in [0.3, 0.4) is 0 Å². The van der Waals surface area contributed by atoms with Gasteiger partial charge in [0.1, 0.15) is 5.82 Å². The highest BCUT2D eigenvalue weighted by Gasteiger charge is 2.16. The molecule has 0 aliphatic carbocycles. The average Bonchev–Trinajstić information content (AvgIpc) is 2.49. The van der Waals surface area contributed by atoms with E-state index in [9.17, 15) is 14.0 Å². The molecule has 2 rings (SSSR count). The van der Waals surface area contributed by atoms with E-state index in [4.69, 9.17) is 0 Å². The lowest BCUT2D eigenvalue weighted by molar-refractivity contribution is 0.0602. The standard InChI is InChI=1S/C15H11BrFNO3/c1-21-15(20)10-4-2-3-5-13(10)18-14(19)11-8-9(17)6-7-12(11)16/h2-8H,1H3,(H,18,19). The van der Waals surface area contributed by atoms with Crippen molar-refractivity contribution in [3.63, 3.8) is 0 Å². The summed E-state index contributed by atoms with van der Waals surface area (Å²) in [5, 5.41) is 2.57. The summed E-state index contributed by atoms with van der Waals surface area (Å²) < 4.78 is 18.3. The lowest BCUT2D eigenvalue weighted by atomic mass is 10.1. The Bertz CT molecular complexity index is 703. The zero-order valence-corrected chi connectivity index (χ0v) is 12.6. The van der Waals surface area contributed by atoms with Gasteiger partial charge in [-0.15, -0.1) is 0 Å². The molecule has 2 aromatic carbocycles. The lowest BCUT2D eigenvalue weighted by Crippen LogP contribution is -2.16. The molecule has 0 heterocycles. The number of carbonyl (C=O) groups excluding carboxylic acids is 2. The molecule has 0 spiro atoms. The van der Waals surface area contributed by atoms with Crippen LogP contribution in [0.4, 0.5) is 10.1 Å². The van der Waals surface area contributed by atoms with Crippen molar-refractivity contribution >= 4 is 33.5 Å². The number of anilines is 1. The van der Waals surface area contributed by atoms with Crippen molar-refractivity contribution in [2.75, 3.05) is 12.4 Å². The topological polar surface area (TPSA) is 55.4 Å². The van der Waals surface area contributed by atoms with E-state index >= 15 is 0 Å². The molecule has 0 radical (unpaired) electrons. The fourth-order valence-electron chi connectivity index (χ4n) is 1.74. The Balaban J connectivity index is 2.32. The Morgan fingerprint density at radius 1 is 1.14 bits per heavy atom. The first-order valence-electron chi connectivity index (χ1n) is 5.96. The van der Waals surface area contributed by atoms with Crippen molar-refractivity contribution in [3.8, 4) is 0 Å². The first-order chi connectivity index (χ1) is 10.0. The maximum atomic E-state index is 13.2. The van der Waals surface area contributed by atoms with E-state index in [2.05, 4.69) is 26.0 Å². The van der Waals surface area contributed by atoms with Crippen LogP contribution in [0, 0.1) is 5.82 Å². The van der Waals surface area contributed by atoms with Crippen LogP contribution in [0.15, 0.2) is 46.9 Å². The highest BCUT2D eigenvalue weighted by Crippen LogP contribution is 2.21. The van der Waals surface area contributed by atoms with Crippen LogP contribution in [-0.2, 0) is 4.74 Å². The maximum Gasteiger partial charge on any atom is 0.339 e. The van der Waals surface area contributed by atoms with Crippen LogP contribution in [0.2, 0.25) is 0 Å². The van der Waals surface area contributed by atoms with E-state index in [1.54, 1.807) is 18.2 Å². The third-order valence-electron chi connectivity index (χ3n) is 2.75. The highest BCUT2D eigenvalue weighted by atomic mass is 79.9. The van der Waals surface area contributed by atoms with Crippen LogP contribution < -0.4 is 5.32 Å². The molecule has 21 heavy (non-hydrogen) atoms. The zero-order chi connectivity index (χ0) is 15.4. The minimum atomic E-state index is -0.566. The number of ether oxygens (including phenoxy) is 1. The molecule has 1 amide bonds. The number of carbonyl (C=O) groups is 2. The van der Waals surface area contributed by atoms with Crippen LogP contribution in [0.5, 0.6) is 0 Å². The van der Waals surface area contributed by atoms with Gasteiger partial charge in [0.25, 0.3) is 5.91 Å². The molecule has 4 nitrogen and oxygen atoms in total. The number of amides is 1. The highest BCUT2D eigenvalue weighted by molar-refractivity contribution is 9.10. The second-order valence-corrected chi connectivity index (χ2v) is 4.97. The first kappa shape index (κ1) is 15.2. The number of benzene rings is 2. The fourth-order valence-corrected chi connectivity index (χ4v) is 2.17. The predicted octanol–water partition coefficient (Wildman–Crippen LogP) is 3.63. The third-order valence-corrected chi connectivity index (χ3v) is 3.45. The van der Waals surface area contributed by atoms with Crippen LogP contribution in [0.25, 0.3) is 0 Å². The van der Waals surface area contributed by atoms with Gasteiger partial charge in [-0.3, -0.25) is 4.79 Å². The molecule has 0 aliphatic heterocycles. The van der Waals surface area contributed by atoms with Crippen molar-refractivity contribution in [2.24, 2.45) is 0 Å². The average molecular weight is 352 g/mol.